The van der Waals surface area contributed by atoms with E-state index in [1.165, 1.54) is 18.2 Å². The highest BCUT2D eigenvalue weighted by Crippen LogP contribution is 2.27. The molecule has 124 valence electrons. The van der Waals surface area contributed by atoms with Gasteiger partial charge < -0.3 is 5.32 Å². The van der Waals surface area contributed by atoms with Gasteiger partial charge in [-0.25, -0.2) is 8.42 Å². The lowest BCUT2D eigenvalue weighted by atomic mass is 10.2. The van der Waals surface area contributed by atoms with Crippen LogP contribution in [0.1, 0.15) is 20.9 Å². The number of alkyl halides is 3. The van der Waals surface area contributed by atoms with Gasteiger partial charge in [-0.3, -0.25) is 9.78 Å². The Morgan fingerprint density at radius 3 is 2.43 bits per heavy atom. The smallest absolute Gasteiger partial charge is 0.347 e. The molecule has 0 fully saturated rings. The van der Waals surface area contributed by atoms with E-state index < -0.39 is 27.6 Å². The summed E-state index contributed by atoms with van der Waals surface area (Å²) in [5.74, 6) is -0.509. The first-order valence-electron chi connectivity index (χ1n) is 6.17. The molecule has 0 atom stereocenters. The van der Waals surface area contributed by atoms with Gasteiger partial charge in [0.15, 0.2) is 9.84 Å². The van der Waals surface area contributed by atoms with E-state index in [1.54, 1.807) is 0 Å². The quantitative estimate of drug-likeness (QED) is 0.904. The molecule has 0 aliphatic rings. The van der Waals surface area contributed by atoms with Gasteiger partial charge in [0.2, 0.25) is 0 Å². The van der Waals surface area contributed by atoms with Gasteiger partial charge in [-0.05, 0) is 23.8 Å². The fourth-order valence-electron chi connectivity index (χ4n) is 1.61. The third-order valence-corrected chi connectivity index (χ3v) is 5.64. The number of carbonyl (C=O) groups excluding carboxylic acids is 1. The van der Waals surface area contributed by atoms with Gasteiger partial charge >= 0.3 is 6.18 Å². The Kier molecular flexibility index (Phi) is 4.76. The third-order valence-electron chi connectivity index (χ3n) is 2.74. The normalized spacial score (nSPS) is 12.2. The molecule has 2 heterocycles. The van der Waals surface area contributed by atoms with Crippen LogP contribution in [0.25, 0.3) is 0 Å². The molecule has 5 nitrogen and oxygen atoms in total. The van der Waals surface area contributed by atoms with E-state index in [4.69, 9.17) is 0 Å². The first-order chi connectivity index (χ1) is 10.6. The maximum absolute atomic E-state index is 12.4. The van der Waals surface area contributed by atoms with Crippen molar-refractivity contribution in [2.24, 2.45) is 0 Å². The van der Waals surface area contributed by atoms with Gasteiger partial charge in [0.25, 0.3) is 5.91 Å². The molecule has 1 N–H and O–H groups in total. The van der Waals surface area contributed by atoms with E-state index in [2.05, 4.69) is 10.3 Å². The van der Waals surface area contributed by atoms with Crippen LogP contribution in [0.15, 0.2) is 34.7 Å². The van der Waals surface area contributed by atoms with E-state index in [0.29, 0.717) is 5.56 Å². The molecule has 2 rings (SSSR count). The van der Waals surface area contributed by atoms with E-state index in [9.17, 15) is 26.4 Å². The summed E-state index contributed by atoms with van der Waals surface area (Å²) in [6.45, 7) is -0.0178. The summed E-state index contributed by atoms with van der Waals surface area (Å²) in [7, 11) is -3.38. The van der Waals surface area contributed by atoms with Gasteiger partial charge in [-0.1, -0.05) is 6.07 Å². The lowest BCUT2D eigenvalue weighted by Crippen LogP contribution is -2.22. The fourth-order valence-corrected chi connectivity index (χ4v) is 3.45. The lowest BCUT2D eigenvalue weighted by molar-refractivity contribution is -0.141. The maximum atomic E-state index is 12.4. The molecule has 0 saturated heterocycles. The van der Waals surface area contributed by atoms with Crippen LogP contribution in [0, 0.1) is 0 Å². The van der Waals surface area contributed by atoms with Crippen molar-refractivity contribution in [1.29, 1.82) is 0 Å². The van der Waals surface area contributed by atoms with Crippen molar-refractivity contribution in [3.05, 3.63) is 46.6 Å². The van der Waals surface area contributed by atoms with Gasteiger partial charge in [-0.15, -0.1) is 11.3 Å². The van der Waals surface area contributed by atoms with Crippen molar-refractivity contribution in [1.82, 2.24) is 10.3 Å². The van der Waals surface area contributed by atoms with Crippen LogP contribution in [0.3, 0.4) is 0 Å². The van der Waals surface area contributed by atoms with Crippen LogP contribution in [0.4, 0.5) is 13.2 Å². The first-order valence-corrected chi connectivity index (χ1v) is 8.88. The summed E-state index contributed by atoms with van der Waals surface area (Å²) in [6, 6.07) is 4.75. The number of nitrogens with zero attached hydrogens (tertiary/aromatic N) is 1. The summed E-state index contributed by atoms with van der Waals surface area (Å²) in [5.41, 5.74) is -0.616. The second kappa shape index (κ2) is 6.28. The van der Waals surface area contributed by atoms with Crippen LogP contribution in [0.5, 0.6) is 0 Å². The Morgan fingerprint density at radius 2 is 1.96 bits per heavy atom. The van der Waals surface area contributed by atoms with Crippen LogP contribution >= 0.6 is 11.3 Å². The minimum Gasteiger partial charge on any atom is -0.347 e. The molecule has 0 bridgehead atoms. The van der Waals surface area contributed by atoms with Crippen molar-refractivity contribution < 1.29 is 26.4 Å². The Hall–Kier alpha value is -1.94. The summed E-state index contributed by atoms with van der Waals surface area (Å²) < 4.78 is 59.9. The molecule has 2 aromatic heterocycles. The van der Waals surface area contributed by atoms with Gasteiger partial charge in [0, 0.05) is 19.0 Å². The molecule has 0 radical (unpaired) electrons. The van der Waals surface area contributed by atoms with Crippen LogP contribution in [-0.2, 0) is 22.6 Å². The zero-order valence-electron chi connectivity index (χ0n) is 11.7. The Labute approximate surface area is 134 Å². The molecule has 2 aromatic rings. The summed E-state index contributed by atoms with van der Waals surface area (Å²) in [6.07, 6.45) is -2.45. The number of sulfone groups is 1. The van der Waals surface area contributed by atoms with E-state index in [-0.39, 0.29) is 15.6 Å². The van der Waals surface area contributed by atoms with Crippen LogP contribution < -0.4 is 5.32 Å². The number of amides is 1. The predicted octanol–water partition coefficient (Wildman–Crippen LogP) is 2.50. The molecule has 0 saturated carbocycles. The molecule has 0 aromatic carbocycles. The van der Waals surface area contributed by atoms with Gasteiger partial charge in [-0.2, -0.15) is 13.2 Å². The van der Waals surface area contributed by atoms with Gasteiger partial charge in [0.05, 0.1) is 4.88 Å². The summed E-state index contributed by atoms with van der Waals surface area (Å²) >= 11 is 0.824. The number of thiophene rings is 1. The Bertz CT molecular complexity index is 812. The second-order valence-electron chi connectivity index (χ2n) is 4.62. The van der Waals surface area contributed by atoms with Crippen LogP contribution in [0.2, 0.25) is 0 Å². The Balaban J connectivity index is 2.01. The SMILES string of the molecule is CS(=O)(=O)c1ccc(C(=O)NCc2ccc(C(F)(F)F)nc2)s1. The summed E-state index contributed by atoms with van der Waals surface area (Å²) in [5, 5.41) is 2.49. The standard InChI is InChI=1S/C13H11F3N2O3S2/c1-23(20,21)11-5-3-9(22-11)12(19)18-7-8-2-4-10(17-6-8)13(14,15)16/h2-6H,7H2,1H3,(H,18,19). The fraction of sp³-hybridized carbons (Fsp3) is 0.231. The number of halogens is 3. The zero-order valence-corrected chi connectivity index (χ0v) is 13.3. The van der Waals surface area contributed by atoms with Crippen molar-refractivity contribution in [3.63, 3.8) is 0 Å². The molecule has 1 amide bonds. The zero-order chi connectivity index (χ0) is 17.3. The largest absolute Gasteiger partial charge is 0.433 e. The number of carbonyl (C=O) groups is 1. The number of hydrogen-bond donors (Lipinski definition) is 1. The molecular weight excluding hydrogens is 353 g/mol. The van der Waals surface area contributed by atoms with Gasteiger partial charge in [0.1, 0.15) is 9.90 Å². The highest BCUT2D eigenvalue weighted by Gasteiger charge is 2.31. The van der Waals surface area contributed by atoms with E-state index in [0.717, 1.165) is 29.9 Å². The molecule has 0 unspecified atom stereocenters. The van der Waals surface area contributed by atoms with E-state index >= 15 is 0 Å². The number of nitrogens with one attached hydrogen (secondary N) is 1. The predicted molar refractivity (Wildman–Crippen MR) is 77.8 cm³/mol. The average molecular weight is 364 g/mol. The highest BCUT2D eigenvalue weighted by atomic mass is 32.2. The van der Waals surface area contributed by atoms with E-state index in [1.807, 2.05) is 0 Å². The molecular formula is C13H11F3N2O3S2. The second-order valence-corrected chi connectivity index (χ2v) is 7.95. The number of hydrogen-bond acceptors (Lipinski definition) is 5. The van der Waals surface area contributed by atoms with Crippen molar-refractivity contribution in [2.45, 2.75) is 16.9 Å². The highest BCUT2D eigenvalue weighted by molar-refractivity contribution is 7.92. The number of pyridine rings is 1. The molecule has 0 aliphatic heterocycles. The van der Waals surface area contributed by atoms with Crippen molar-refractivity contribution in [2.75, 3.05) is 6.26 Å². The minimum absolute atomic E-state index is 0.0178. The average Bonchev–Trinajstić information content (AvgIpc) is 2.94. The van der Waals surface area contributed by atoms with Crippen LogP contribution in [-0.4, -0.2) is 25.6 Å². The monoisotopic (exact) mass is 364 g/mol. The molecule has 10 heteroatoms. The summed E-state index contributed by atoms with van der Waals surface area (Å²) in [4.78, 5) is 15.4. The maximum Gasteiger partial charge on any atom is 0.433 e. The third kappa shape index (κ3) is 4.52. The molecule has 23 heavy (non-hydrogen) atoms. The topological polar surface area (TPSA) is 76.1 Å². The van der Waals surface area contributed by atoms with Crippen molar-refractivity contribution >= 4 is 27.1 Å². The molecule has 0 spiro atoms. The van der Waals surface area contributed by atoms with Crippen molar-refractivity contribution in [3.8, 4) is 0 Å². The number of rotatable bonds is 4. The molecule has 0 aliphatic carbocycles. The lowest BCUT2D eigenvalue weighted by Gasteiger charge is -2.07. The first kappa shape index (κ1) is 17.4. The minimum atomic E-state index is -4.51. The number of aromatic nitrogens is 1. The Morgan fingerprint density at radius 1 is 1.26 bits per heavy atom.